The van der Waals surface area contributed by atoms with E-state index in [9.17, 15) is 9.90 Å². The van der Waals surface area contributed by atoms with Gasteiger partial charge in [0.15, 0.2) is 5.82 Å². The molecule has 0 aliphatic rings. The summed E-state index contributed by atoms with van der Waals surface area (Å²) < 4.78 is 1.57. The smallest absolute Gasteiger partial charge is 0.339 e. The molecule has 0 fully saturated rings. The van der Waals surface area contributed by atoms with Crippen LogP contribution in [0, 0.1) is 13.8 Å². The predicted octanol–water partition coefficient (Wildman–Crippen LogP) is 1.73. The number of rotatable bonds is 3. The number of nitrogen functional groups attached to an aromatic ring is 1. The number of anilines is 1. The Labute approximate surface area is 110 Å². The summed E-state index contributed by atoms with van der Waals surface area (Å²) >= 11 is 0. The van der Waals surface area contributed by atoms with Crippen molar-refractivity contribution in [2.24, 2.45) is 0 Å². The van der Waals surface area contributed by atoms with Crippen LogP contribution >= 0.6 is 0 Å². The molecule has 6 heteroatoms. The van der Waals surface area contributed by atoms with Gasteiger partial charge in [0.1, 0.15) is 5.56 Å². The van der Waals surface area contributed by atoms with Gasteiger partial charge in [-0.3, -0.25) is 0 Å². The number of hydrogen-bond donors (Lipinski definition) is 2. The molecule has 100 valence electrons. The SMILES string of the molecule is CCc1c(C)nn(-c2ncc(N)cc2C(=O)O)c1C. The Bertz CT molecular complexity index is 646. The zero-order chi connectivity index (χ0) is 14.2. The zero-order valence-corrected chi connectivity index (χ0v) is 11.1. The monoisotopic (exact) mass is 260 g/mol. The van der Waals surface area contributed by atoms with Gasteiger partial charge in [-0.2, -0.15) is 5.10 Å². The standard InChI is InChI=1S/C13H16N4O2/c1-4-10-7(2)16-17(8(10)3)12-11(13(18)19)5-9(14)6-15-12/h5-6H,4,14H2,1-3H3,(H,18,19). The Kier molecular flexibility index (Phi) is 3.25. The van der Waals surface area contributed by atoms with Crippen LogP contribution < -0.4 is 5.73 Å². The fourth-order valence-electron chi connectivity index (χ4n) is 2.19. The van der Waals surface area contributed by atoms with Gasteiger partial charge in [0.25, 0.3) is 0 Å². The first kappa shape index (κ1) is 13.1. The van der Waals surface area contributed by atoms with Gasteiger partial charge < -0.3 is 10.8 Å². The Balaban J connectivity index is 2.69. The molecule has 0 aromatic carbocycles. The van der Waals surface area contributed by atoms with Crippen molar-refractivity contribution in [2.75, 3.05) is 5.73 Å². The van der Waals surface area contributed by atoms with Gasteiger partial charge in [-0.25, -0.2) is 14.5 Å². The van der Waals surface area contributed by atoms with E-state index in [-0.39, 0.29) is 5.56 Å². The molecule has 19 heavy (non-hydrogen) atoms. The van der Waals surface area contributed by atoms with Crippen LogP contribution in [0.5, 0.6) is 0 Å². The molecule has 6 nitrogen and oxygen atoms in total. The zero-order valence-electron chi connectivity index (χ0n) is 11.1. The third kappa shape index (κ3) is 2.16. The lowest BCUT2D eigenvalue weighted by Gasteiger charge is -2.08. The molecule has 0 unspecified atom stereocenters. The highest BCUT2D eigenvalue weighted by molar-refractivity contribution is 5.92. The summed E-state index contributed by atoms with van der Waals surface area (Å²) in [5, 5.41) is 13.6. The van der Waals surface area contributed by atoms with Gasteiger partial charge in [0, 0.05) is 5.69 Å². The first-order valence-electron chi connectivity index (χ1n) is 6.00. The van der Waals surface area contributed by atoms with E-state index in [4.69, 9.17) is 5.73 Å². The van der Waals surface area contributed by atoms with Crippen molar-refractivity contribution in [2.45, 2.75) is 27.2 Å². The van der Waals surface area contributed by atoms with E-state index in [1.165, 1.54) is 12.3 Å². The summed E-state index contributed by atoms with van der Waals surface area (Å²) in [6, 6.07) is 1.40. The minimum Gasteiger partial charge on any atom is -0.478 e. The Hall–Kier alpha value is -2.37. The first-order chi connectivity index (χ1) is 8.95. The lowest BCUT2D eigenvalue weighted by Crippen LogP contribution is -2.11. The topological polar surface area (TPSA) is 94.0 Å². The van der Waals surface area contributed by atoms with Crippen molar-refractivity contribution < 1.29 is 9.90 Å². The molecule has 2 aromatic rings. The first-order valence-corrected chi connectivity index (χ1v) is 6.00. The minimum absolute atomic E-state index is 0.0493. The lowest BCUT2D eigenvalue weighted by molar-refractivity contribution is 0.0696. The normalized spacial score (nSPS) is 10.7. The maximum absolute atomic E-state index is 11.3. The molecule has 2 heterocycles. The van der Waals surface area contributed by atoms with E-state index in [1.54, 1.807) is 4.68 Å². The summed E-state index contributed by atoms with van der Waals surface area (Å²) in [5.74, 6) is -0.776. The molecule has 0 bridgehead atoms. The van der Waals surface area contributed by atoms with Crippen LogP contribution in [0.15, 0.2) is 12.3 Å². The number of carbonyl (C=O) groups is 1. The fraction of sp³-hybridized carbons (Fsp3) is 0.308. The van der Waals surface area contributed by atoms with Crippen molar-refractivity contribution in [3.63, 3.8) is 0 Å². The van der Waals surface area contributed by atoms with E-state index in [0.717, 1.165) is 23.4 Å². The third-order valence-electron chi connectivity index (χ3n) is 3.11. The van der Waals surface area contributed by atoms with Crippen LogP contribution in [0.2, 0.25) is 0 Å². The Morgan fingerprint density at radius 3 is 2.68 bits per heavy atom. The molecule has 0 aliphatic carbocycles. The molecular weight excluding hydrogens is 244 g/mol. The van der Waals surface area contributed by atoms with Crippen molar-refractivity contribution in [1.29, 1.82) is 0 Å². The van der Waals surface area contributed by atoms with Crippen molar-refractivity contribution in [1.82, 2.24) is 14.8 Å². The van der Waals surface area contributed by atoms with Crippen LogP contribution in [-0.4, -0.2) is 25.8 Å². The van der Waals surface area contributed by atoms with E-state index in [1.807, 2.05) is 20.8 Å². The second-order valence-electron chi connectivity index (χ2n) is 4.36. The summed E-state index contributed by atoms with van der Waals surface area (Å²) in [4.78, 5) is 15.4. The van der Waals surface area contributed by atoms with E-state index in [0.29, 0.717) is 11.5 Å². The molecule has 0 aliphatic heterocycles. The maximum atomic E-state index is 11.3. The van der Waals surface area contributed by atoms with Gasteiger partial charge in [-0.15, -0.1) is 0 Å². The summed E-state index contributed by atoms with van der Waals surface area (Å²) in [6.45, 7) is 5.85. The number of nitrogens with zero attached hydrogens (tertiary/aromatic N) is 3. The van der Waals surface area contributed by atoms with Crippen LogP contribution in [0.25, 0.3) is 5.82 Å². The highest BCUT2D eigenvalue weighted by Crippen LogP contribution is 2.20. The summed E-state index contributed by atoms with van der Waals surface area (Å²) in [5.41, 5.74) is 8.85. The molecule has 0 radical (unpaired) electrons. The number of pyridine rings is 1. The third-order valence-corrected chi connectivity index (χ3v) is 3.11. The number of aromatic carboxylic acids is 1. The van der Waals surface area contributed by atoms with Gasteiger partial charge in [0.05, 0.1) is 17.6 Å². The molecule has 2 rings (SSSR count). The van der Waals surface area contributed by atoms with Gasteiger partial charge >= 0.3 is 5.97 Å². The Morgan fingerprint density at radius 1 is 1.47 bits per heavy atom. The average molecular weight is 260 g/mol. The van der Waals surface area contributed by atoms with Crippen LogP contribution in [0.1, 0.15) is 34.2 Å². The van der Waals surface area contributed by atoms with Crippen LogP contribution in [0.3, 0.4) is 0 Å². The predicted molar refractivity (Wildman–Crippen MR) is 71.6 cm³/mol. The van der Waals surface area contributed by atoms with E-state index < -0.39 is 5.97 Å². The number of carboxylic acids is 1. The molecule has 0 amide bonds. The fourth-order valence-corrected chi connectivity index (χ4v) is 2.19. The van der Waals surface area contributed by atoms with Gasteiger partial charge in [-0.1, -0.05) is 6.92 Å². The second kappa shape index (κ2) is 4.72. The molecule has 0 spiro atoms. The van der Waals surface area contributed by atoms with Gasteiger partial charge in [0.2, 0.25) is 0 Å². The second-order valence-corrected chi connectivity index (χ2v) is 4.36. The molecule has 2 aromatic heterocycles. The van der Waals surface area contributed by atoms with Crippen LogP contribution in [-0.2, 0) is 6.42 Å². The van der Waals surface area contributed by atoms with Crippen molar-refractivity contribution >= 4 is 11.7 Å². The minimum atomic E-state index is -1.07. The average Bonchev–Trinajstić information content (AvgIpc) is 2.64. The lowest BCUT2D eigenvalue weighted by atomic mass is 10.1. The molecular formula is C13H16N4O2. The van der Waals surface area contributed by atoms with Gasteiger partial charge in [-0.05, 0) is 31.9 Å². The number of nitrogens with two attached hydrogens (primary N) is 1. The summed E-state index contributed by atoms with van der Waals surface area (Å²) in [6.07, 6.45) is 2.28. The molecule has 3 N–H and O–H groups in total. The molecule has 0 atom stereocenters. The van der Waals surface area contributed by atoms with Crippen molar-refractivity contribution in [3.8, 4) is 5.82 Å². The van der Waals surface area contributed by atoms with E-state index >= 15 is 0 Å². The molecule has 0 saturated heterocycles. The number of hydrogen-bond acceptors (Lipinski definition) is 4. The highest BCUT2D eigenvalue weighted by Gasteiger charge is 2.18. The maximum Gasteiger partial charge on any atom is 0.339 e. The summed E-state index contributed by atoms with van der Waals surface area (Å²) in [7, 11) is 0. The van der Waals surface area contributed by atoms with E-state index in [2.05, 4.69) is 10.1 Å². The highest BCUT2D eigenvalue weighted by atomic mass is 16.4. The largest absolute Gasteiger partial charge is 0.478 e. The van der Waals surface area contributed by atoms with Crippen molar-refractivity contribution in [3.05, 3.63) is 34.8 Å². The molecule has 0 saturated carbocycles. The quantitative estimate of drug-likeness (QED) is 0.876. The Morgan fingerprint density at radius 2 is 2.16 bits per heavy atom. The number of carboxylic acid groups (broad SMARTS) is 1. The number of aryl methyl sites for hydroxylation is 1. The van der Waals surface area contributed by atoms with Crippen LogP contribution in [0.4, 0.5) is 5.69 Å². The number of aromatic nitrogens is 3.